The van der Waals surface area contributed by atoms with E-state index in [2.05, 4.69) is 19.1 Å². The zero-order valence-corrected chi connectivity index (χ0v) is 13.7. The second-order valence-corrected chi connectivity index (χ2v) is 6.00. The lowest BCUT2D eigenvalue weighted by Gasteiger charge is -2.08. The first-order chi connectivity index (χ1) is 11.7. The molecule has 0 atom stereocenters. The van der Waals surface area contributed by atoms with Crippen LogP contribution in [0.5, 0.6) is 0 Å². The maximum atomic E-state index is 14.5. The Morgan fingerprint density at radius 1 is 0.708 bits per heavy atom. The molecule has 0 aliphatic carbocycles. The predicted octanol–water partition coefficient (Wildman–Crippen LogP) is 6.64. The molecule has 0 aliphatic heterocycles. The van der Waals surface area contributed by atoms with E-state index in [0.717, 1.165) is 17.5 Å². The van der Waals surface area contributed by atoms with Crippen molar-refractivity contribution in [2.75, 3.05) is 0 Å². The van der Waals surface area contributed by atoms with Gasteiger partial charge < -0.3 is 0 Å². The van der Waals surface area contributed by atoms with Crippen LogP contribution in [0.3, 0.4) is 0 Å². The summed E-state index contributed by atoms with van der Waals surface area (Å²) >= 11 is 0. The first kappa shape index (κ1) is 16.4. The Labute approximate surface area is 141 Å². The van der Waals surface area contributed by atoms with Crippen molar-refractivity contribution in [3.8, 4) is 22.3 Å². The van der Waals surface area contributed by atoms with Gasteiger partial charge in [-0.15, -0.1) is 0 Å². The molecule has 0 saturated carbocycles. The Morgan fingerprint density at radius 3 is 1.96 bits per heavy atom. The quantitative estimate of drug-likeness (QED) is 0.494. The van der Waals surface area contributed by atoms with Gasteiger partial charge in [-0.3, -0.25) is 0 Å². The average molecular weight is 322 g/mol. The lowest BCUT2D eigenvalue weighted by molar-refractivity contribution is 0.626. The van der Waals surface area contributed by atoms with E-state index in [4.69, 9.17) is 0 Å². The molecule has 0 bridgehead atoms. The maximum Gasteiger partial charge on any atom is 0.131 e. The molecule has 3 aromatic carbocycles. The second kappa shape index (κ2) is 7.39. The predicted molar refractivity (Wildman–Crippen MR) is 95.8 cm³/mol. The van der Waals surface area contributed by atoms with Crippen molar-refractivity contribution >= 4 is 0 Å². The van der Waals surface area contributed by atoms with E-state index in [1.807, 2.05) is 18.2 Å². The van der Waals surface area contributed by atoms with Crippen LogP contribution in [0.1, 0.15) is 25.3 Å². The summed E-state index contributed by atoms with van der Waals surface area (Å²) in [5.41, 5.74) is 4.32. The molecular formula is C22H20F2. The van der Waals surface area contributed by atoms with Crippen molar-refractivity contribution < 1.29 is 8.78 Å². The SMILES string of the molecule is CCCCc1ccc(-c2ccc(-c3ccc(F)cc3)c(F)c2)cc1. The summed E-state index contributed by atoms with van der Waals surface area (Å²) in [6.07, 6.45) is 3.44. The third kappa shape index (κ3) is 3.70. The minimum absolute atomic E-state index is 0.297. The molecule has 0 unspecified atom stereocenters. The standard InChI is InChI=1S/C22H20F2/c1-2-3-4-16-5-7-17(8-6-16)19-11-14-21(22(24)15-19)18-9-12-20(23)13-10-18/h5-15H,2-4H2,1H3. The molecule has 3 rings (SSSR count). The van der Waals surface area contributed by atoms with E-state index in [1.54, 1.807) is 24.3 Å². The number of hydrogen-bond acceptors (Lipinski definition) is 0. The molecule has 0 N–H and O–H groups in total. The van der Waals surface area contributed by atoms with Crippen molar-refractivity contribution in [3.05, 3.63) is 83.9 Å². The Bertz CT molecular complexity index is 802. The molecule has 0 saturated heterocycles. The molecule has 0 aliphatic rings. The van der Waals surface area contributed by atoms with Crippen LogP contribution in [0.2, 0.25) is 0 Å². The van der Waals surface area contributed by atoms with Gasteiger partial charge in [0.2, 0.25) is 0 Å². The maximum absolute atomic E-state index is 14.5. The van der Waals surface area contributed by atoms with E-state index < -0.39 is 0 Å². The smallest absolute Gasteiger partial charge is 0.131 e. The number of rotatable bonds is 5. The average Bonchev–Trinajstić information content (AvgIpc) is 2.61. The van der Waals surface area contributed by atoms with Crippen LogP contribution in [0, 0.1) is 11.6 Å². The molecule has 0 nitrogen and oxygen atoms in total. The van der Waals surface area contributed by atoms with Crippen molar-refractivity contribution in [3.63, 3.8) is 0 Å². The van der Waals surface area contributed by atoms with E-state index in [9.17, 15) is 8.78 Å². The molecule has 0 spiro atoms. The van der Waals surface area contributed by atoms with E-state index in [1.165, 1.54) is 30.5 Å². The minimum Gasteiger partial charge on any atom is -0.207 e. The number of halogens is 2. The third-order valence-corrected chi connectivity index (χ3v) is 4.23. The highest BCUT2D eigenvalue weighted by Gasteiger charge is 2.08. The van der Waals surface area contributed by atoms with Crippen LogP contribution in [-0.4, -0.2) is 0 Å². The summed E-state index contributed by atoms with van der Waals surface area (Å²) in [7, 11) is 0. The van der Waals surface area contributed by atoms with E-state index in [-0.39, 0.29) is 11.6 Å². The molecule has 0 radical (unpaired) electrons. The molecule has 0 heterocycles. The van der Waals surface area contributed by atoms with Crippen LogP contribution in [0.4, 0.5) is 8.78 Å². The molecular weight excluding hydrogens is 302 g/mol. The van der Waals surface area contributed by atoms with Crippen molar-refractivity contribution in [2.45, 2.75) is 26.2 Å². The van der Waals surface area contributed by atoms with Gasteiger partial charge in [0.1, 0.15) is 11.6 Å². The molecule has 3 aromatic rings. The monoisotopic (exact) mass is 322 g/mol. The number of hydrogen-bond donors (Lipinski definition) is 0. The second-order valence-electron chi connectivity index (χ2n) is 6.00. The fourth-order valence-corrected chi connectivity index (χ4v) is 2.80. The van der Waals surface area contributed by atoms with Gasteiger partial charge in [-0.25, -0.2) is 8.78 Å². The molecule has 2 heteroatoms. The largest absolute Gasteiger partial charge is 0.207 e. The van der Waals surface area contributed by atoms with Gasteiger partial charge in [0, 0.05) is 5.56 Å². The van der Waals surface area contributed by atoms with E-state index in [0.29, 0.717) is 11.1 Å². The first-order valence-corrected chi connectivity index (χ1v) is 8.32. The van der Waals surface area contributed by atoms with Gasteiger partial charge in [0.15, 0.2) is 0 Å². The van der Waals surface area contributed by atoms with Crippen LogP contribution in [0.25, 0.3) is 22.3 Å². The van der Waals surface area contributed by atoms with Crippen LogP contribution in [0.15, 0.2) is 66.7 Å². The summed E-state index contributed by atoms with van der Waals surface area (Å²) in [4.78, 5) is 0. The number of aryl methyl sites for hydroxylation is 1. The zero-order chi connectivity index (χ0) is 16.9. The molecule has 0 aromatic heterocycles. The highest BCUT2D eigenvalue weighted by atomic mass is 19.1. The third-order valence-electron chi connectivity index (χ3n) is 4.23. The van der Waals surface area contributed by atoms with E-state index >= 15 is 0 Å². The van der Waals surface area contributed by atoms with Crippen molar-refractivity contribution in [1.82, 2.24) is 0 Å². The summed E-state index contributed by atoms with van der Waals surface area (Å²) in [5, 5.41) is 0. The molecule has 122 valence electrons. The summed E-state index contributed by atoms with van der Waals surface area (Å²) in [6, 6.07) is 19.4. The lowest BCUT2D eigenvalue weighted by Crippen LogP contribution is -1.88. The molecule has 0 fully saturated rings. The van der Waals surface area contributed by atoms with Gasteiger partial charge in [-0.1, -0.05) is 61.9 Å². The van der Waals surface area contributed by atoms with Crippen molar-refractivity contribution in [2.24, 2.45) is 0 Å². The fourth-order valence-electron chi connectivity index (χ4n) is 2.80. The topological polar surface area (TPSA) is 0 Å². The van der Waals surface area contributed by atoms with Crippen LogP contribution < -0.4 is 0 Å². The fraction of sp³-hybridized carbons (Fsp3) is 0.182. The van der Waals surface area contributed by atoms with Gasteiger partial charge >= 0.3 is 0 Å². The first-order valence-electron chi connectivity index (χ1n) is 8.32. The highest BCUT2D eigenvalue weighted by molar-refractivity contribution is 5.71. The van der Waals surface area contributed by atoms with Crippen LogP contribution >= 0.6 is 0 Å². The Balaban J connectivity index is 1.85. The van der Waals surface area contributed by atoms with Gasteiger partial charge in [-0.2, -0.15) is 0 Å². The molecule has 0 amide bonds. The van der Waals surface area contributed by atoms with Gasteiger partial charge in [0.05, 0.1) is 0 Å². The normalized spacial score (nSPS) is 10.8. The zero-order valence-electron chi connectivity index (χ0n) is 13.7. The lowest BCUT2D eigenvalue weighted by atomic mass is 9.98. The molecule has 24 heavy (non-hydrogen) atoms. The Hall–Kier alpha value is -2.48. The summed E-state index contributed by atoms with van der Waals surface area (Å²) in [5.74, 6) is -0.617. The van der Waals surface area contributed by atoms with Crippen LogP contribution in [-0.2, 0) is 6.42 Å². The summed E-state index contributed by atoms with van der Waals surface area (Å²) < 4.78 is 27.5. The summed E-state index contributed by atoms with van der Waals surface area (Å²) in [6.45, 7) is 2.18. The number of unbranched alkanes of at least 4 members (excludes halogenated alkanes) is 1. The number of benzene rings is 3. The Morgan fingerprint density at radius 2 is 1.33 bits per heavy atom. The Kier molecular flexibility index (Phi) is 5.05. The van der Waals surface area contributed by atoms with Gasteiger partial charge in [-0.05, 0) is 53.3 Å². The van der Waals surface area contributed by atoms with Gasteiger partial charge in [0.25, 0.3) is 0 Å². The highest BCUT2D eigenvalue weighted by Crippen LogP contribution is 2.28. The van der Waals surface area contributed by atoms with Crippen molar-refractivity contribution in [1.29, 1.82) is 0 Å². The minimum atomic E-state index is -0.320.